The Balaban J connectivity index is 1.22. The highest BCUT2D eigenvalue weighted by Gasteiger charge is 2.22. The van der Waals surface area contributed by atoms with Gasteiger partial charge in [0.05, 0.1) is 4.90 Å². The van der Waals surface area contributed by atoms with Crippen LogP contribution < -0.4 is 24.4 Å². The molecule has 10 heteroatoms. The van der Waals surface area contributed by atoms with Crippen LogP contribution in [0, 0.1) is 0 Å². The molecule has 0 radical (unpaired) electrons. The molecule has 1 fully saturated rings. The van der Waals surface area contributed by atoms with Gasteiger partial charge in [-0.05, 0) is 67.1 Å². The standard InChI is InChI=1S/C25H23N3O6S/c29-24-2-1-13-28(24)20-9-3-17(4-10-20)25(30)26-18-5-7-19(8-6-18)27-35(31,32)21-11-12-22-23(16-21)34-15-14-33-22/h3-12,16,27H,1-2,13-15H2,(H,26,30). The number of nitrogens with one attached hydrogen (secondary N) is 2. The van der Waals surface area contributed by atoms with Crippen molar-refractivity contribution in [3.05, 3.63) is 72.3 Å². The van der Waals surface area contributed by atoms with Gasteiger partial charge in [-0.1, -0.05) is 0 Å². The van der Waals surface area contributed by atoms with E-state index in [0.717, 1.165) is 12.1 Å². The summed E-state index contributed by atoms with van der Waals surface area (Å²) in [6.07, 6.45) is 1.38. The van der Waals surface area contributed by atoms with Gasteiger partial charge in [0.2, 0.25) is 5.91 Å². The maximum absolute atomic E-state index is 12.8. The number of hydrogen-bond donors (Lipinski definition) is 2. The van der Waals surface area contributed by atoms with Crippen molar-refractivity contribution in [2.75, 3.05) is 34.7 Å². The van der Waals surface area contributed by atoms with Crippen LogP contribution >= 0.6 is 0 Å². The normalized spacial score (nSPS) is 15.1. The van der Waals surface area contributed by atoms with Crippen LogP contribution in [0.4, 0.5) is 17.1 Å². The molecule has 2 amide bonds. The predicted octanol–water partition coefficient (Wildman–Crippen LogP) is 3.64. The van der Waals surface area contributed by atoms with E-state index in [4.69, 9.17) is 9.47 Å². The summed E-state index contributed by atoms with van der Waals surface area (Å²) >= 11 is 0. The third kappa shape index (κ3) is 4.92. The SMILES string of the molecule is O=C(Nc1ccc(NS(=O)(=O)c2ccc3c(c2)OCCO3)cc1)c1ccc(N2CCCC2=O)cc1. The first kappa shape index (κ1) is 22.7. The zero-order valence-corrected chi connectivity index (χ0v) is 19.5. The number of carbonyl (C=O) groups is 2. The average Bonchev–Trinajstić information content (AvgIpc) is 3.30. The van der Waals surface area contributed by atoms with E-state index in [2.05, 4.69) is 10.0 Å². The molecular weight excluding hydrogens is 470 g/mol. The number of amides is 2. The third-order valence-electron chi connectivity index (χ3n) is 5.73. The second kappa shape index (κ2) is 9.30. The van der Waals surface area contributed by atoms with Crippen molar-refractivity contribution >= 4 is 38.9 Å². The Bertz CT molecular complexity index is 1370. The van der Waals surface area contributed by atoms with Crippen molar-refractivity contribution in [3.63, 3.8) is 0 Å². The van der Waals surface area contributed by atoms with Crippen LogP contribution in [0.25, 0.3) is 0 Å². The van der Waals surface area contributed by atoms with Gasteiger partial charge in [0.1, 0.15) is 13.2 Å². The fourth-order valence-electron chi connectivity index (χ4n) is 3.94. The fourth-order valence-corrected chi connectivity index (χ4v) is 5.02. The summed E-state index contributed by atoms with van der Waals surface area (Å²) in [5, 5.41) is 2.78. The van der Waals surface area contributed by atoms with Crippen molar-refractivity contribution in [2.45, 2.75) is 17.7 Å². The van der Waals surface area contributed by atoms with Crippen LogP contribution in [-0.4, -0.2) is 40.0 Å². The number of sulfonamides is 1. The van der Waals surface area contributed by atoms with Crippen molar-refractivity contribution in [2.24, 2.45) is 0 Å². The Morgan fingerprint density at radius 1 is 0.857 bits per heavy atom. The van der Waals surface area contributed by atoms with Crippen LogP contribution in [0.5, 0.6) is 11.5 Å². The molecule has 5 rings (SSSR count). The van der Waals surface area contributed by atoms with E-state index in [1.807, 2.05) is 0 Å². The highest BCUT2D eigenvalue weighted by atomic mass is 32.2. The Labute approximate surface area is 202 Å². The first-order chi connectivity index (χ1) is 16.9. The minimum Gasteiger partial charge on any atom is -0.486 e. The van der Waals surface area contributed by atoms with E-state index >= 15 is 0 Å². The summed E-state index contributed by atoms with van der Waals surface area (Å²) in [5.74, 6) is 0.674. The van der Waals surface area contributed by atoms with E-state index in [1.54, 1.807) is 59.5 Å². The number of nitrogens with zero attached hydrogens (tertiary/aromatic N) is 1. The van der Waals surface area contributed by atoms with Crippen molar-refractivity contribution in [3.8, 4) is 11.5 Å². The lowest BCUT2D eigenvalue weighted by Gasteiger charge is -2.19. The lowest BCUT2D eigenvalue weighted by molar-refractivity contribution is -0.117. The Morgan fingerprint density at radius 3 is 2.23 bits per heavy atom. The van der Waals surface area contributed by atoms with E-state index in [0.29, 0.717) is 54.6 Å². The molecule has 0 aromatic heterocycles. The summed E-state index contributed by atoms with van der Waals surface area (Å²) in [5.41, 5.74) is 2.08. The molecule has 0 spiro atoms. The van der Waals surface area contributed by atoms with Crippen molar-refractivity contribution < 1.29 is 27.5 Å². The van der Waals surface area contributed by atoms with Gasteiger partial charge in [-0.3, -0.25) is 14.3 Å². The topological polar surface area (TPSA) is 114 Å². The maximum atomic E-state index is 12.8. The van der Waals surface area contributed by atoms with E-state index in [-0.39, 0.29) is 16.7 Å². The summed E-state index contributed by atoms with van der Waals surface area (Å²) < 4.78 is 39.0. The second-order valence-electron chi connectivity index (χ2n) is 8.14. The van der Waals surface area contributed by atoms with Crippen LogP contribution in [0.15, 0.2) is 71.6 Å². The Hall–Kier alpha value is -4.05. The van der Waals surface area contributed by atoms with Crippen LogP contribution in [0.3, 0.4) is 0 Å². The first-order valence-electron chi connectivity index (χ1n) is 11.1. The minimum atomic E-state index is -3.84. The van der Waals surface area contributed by atoms with Gasteiger partial charge in [0, 0.05) is 41.7 Å². The molecule has 2 aliphatic heterocycles. The summed E-state index contributed by atoms with van der Waals surface area (Å²) in [6, 6.07) is 17.6. The molecule has 35 heavy (non-hydrogen) atoms. The molecule has 2 heterocycles. The number of fused-ring (bicyclic) bond motifs is 1. The van der Waals surface area contributed by atoms with Crippen LogP contribution in [-0.2, 0) is 14.8 Å². The summed E-state index contributed by atoms with van der Waals surface area (Å²) in [7, 11) is -3.84. The number of anilines is 3. The Kier molecular flexibility index (Phi) is 6.04. The lowest BCUT2D eigenvalue weighted by atomic mass is 10.1. The Morgan fingerprint density at radius 2 is 1.54 bits per heavy atom. The lowest BCUT2D eigenvalue weighted by Crippen LogP contribution is -2.23. The number of hydrogen-bond acceptors (Lipinski definition) is 6. The smallest absolute Gasteiger partial charge is 0.262 e. The second-order valence-corrected chi connectivity index (χ2v) is 9.82. The monoisotopic (exact) mass is 493 g/mol. The molecular formula is C25H23N3O6S. The molecule has 0 aliphatic carbocycles. The quantitative estimate of drug-likeness (QED) is 0.542. The highest BCUT2D eigenvalue weighted by Crippen LogP contribution is 2.33. The van der Waals surface area contributed by atoms with Crippen LogP contribution in [0.1, 0.15) is 23.2 Å². The van der Waals surface area contributed by atoms with Gasteiger partial charge in [0.15, 0.2) is 11.5 Å². The van der Waals surface area contributed by atoms with Gasteiger partial charge in [0.25, 0.3) is 15.9 Å². The summed E-state index contributed by atoms with van der Waals surface area (Å²) in [6.45, 7) is 1.47. The molecule has 0 bridgehead atoms. The molecule has 0 atom stereocenters. The average molecular weight is 494 g/mol. The first-order valence-corrected chi connectivity index (χ1v) is 12.6. The zero-order chi connectivity index (χ0) is 24.4. The number of carbonyl (C=O) groups excluding carboxylic acids is 2. The minimum absolute atomic E-state index is 0.0539. The molecule has 3 aromatic carbocycles. The molecule has 3 aromatic rings. The molecule has 0 saturated carbocycles. The van der Waals surface area contributed by atoms with Crippen molar-refractivity contribution in [1.82, 2.24) is 0 Å². The third-order valence-corrected chi connectivity index (χ3v) is 7.11. The van der Waals surface area contributed by atoms with Crippen LogP contribution in [0.2, 0.25) is 0 Å². The molecule has 9 nitrogen and oxygen atoms in total. The molecule has 2 aliphatic rings. The molecule has 2 N–H and O–H groups in total. The van der Waals surface area contributed by atoms with Gasteiger partial charge in [-0.15, -0.1) is 0 Å². The number of benzene rings is 3. The van der Waals surface area contributed by atoms with Gasteiger partial charge in [-0.25, -0.2) is 8.42 Å². The fraction of sp³-hybridized carbons (Fsp3) is 0.200. The summed E-state index contributed by atoms with van der Waals surface area (Å²) in [4.78, 5) is 26.3. The number of rotatable bonds is 6. The largest absolute Gasteiger partial charge is 0.486 e. The highest BCUT2D eigenvalue weighted by molar-refractivity contribution is 7.92. The van der Waals surface area contributed by atoms with Gasteiger partial charge >= 0.3 is 0 Å². The molecule has 180 valence electrons. The van der Waals surface area contributed by atoms with E-state index in [1.165, 1.54) is 12.1 Å². The van der Waals surface area contributed by atoms with Gasteiger partial charge in [-0.2, -0.15) is 0 Å². The van der Waals surface area contributed by atoms with Gasteiger partial charge < -0.3 is 19.7 Å². The van der Waals surface area contributed by atoms with E-state index in [9.17, 15) is 18.0 Å². The van der Waals surface area contributed by atoms with E-state index < -0.39 is 10.0 Å². The maximum Gasteiger partial charge on any atom is 0.262 e. The number of ether oxygens (including phenoxy) is 2. The molecule has 0 unspecified atom stereocenters. The molecule has 1 saturated heterocycles. The zero-order valence-electron chi connectivity index (χ0n) is 18.7. The van der Waals surface area contributed by atoms with Crippen molar-refractivity contribution in [1.29, 1.82) is 0 Å². The predicted molar refractivity (Wildman–Crippen MR) is 131 cm³/mol.